The van der Waals surface area contributed by atoms with E-state index in [4.69, 9.17) is 5.26 Å². The highest BCUT2D eigenvalue weighted by atomic mass is 16.1. The SMILES string of the molecule is N#CC1CCN(CCn2ccc(-c3cnc4c(-c5ccccc5)cnn4c3)cc2=O)CC1. The molecule has 4 heterocycles. The van der Waals surface area contributed by atoms with Gasteiger partial charge in [0.2, 0.25) is 0 Å². The Morgan fingerprint density at radius 3 is 2.56 bits per heavy atom. The van der Waals surface area contributed by atoms with Gasteiger partial charge in [-0.15, -0.1) is 0 Å². The van der Waals surface area contributed by atoms with Crippen molar-refractivity contribution in [3.8, 4) is 28.3 Å². The summed E-state index contributed by atoms with van der Waals surface area (Å²) >= 11 is 0. The minimum absolute atomic E-state index is 0.0278. The summed E-state index contributed by atoms with van der Waals surface area (Å²) in [6, 6.07) is 16.0. The summed E-state index contributed by atoms with van der Waals surface area (Å²) in [5.74, 6) is 0.178. The summed E-state index contributed by atoms with van der Waals surface area (Å²) in [4.78, 5) is 19.6. The van der Waals surface area contributed by atoms with Crippen LogP contribution < -0.4 is 5.56 Å². The molecule has 0 radical (unpaired) electrons. The lowest BCUT2D eigenvalue weighted by molar-refractivity contribution is 0.198. The van der Waals surface area contributed by atoms with Gasteiger partial charge in [-0.05, 0) is 43.1 Å². The highest BCUT2D eigenvalue weighted by Crippen LogP contribution is 2.25. The Balaban J connectivity index is 1.32. The van der Waals surface area contributed by atoms with E-state index in [1.165, 1.54) is 0 Å². The summed E-state index contributed by atoms with van der Waals surface area (Å²) < 4.78 is 3.50. The van der Waals surface area contributed by atoms with Gasteiger partial charge in [0.15, 0.2) is 5.65 Å². The van der Waals surface area contributed by atoms with Crippen molar-refractivity contribution in [3.05, 3.63) is 77.6 Å². The first-order chi connectivity index (χ1) is 15.7. The molecule has 7 nitrogen and oxygen atoms in total. The van der Waals surface area contributed by atoms with E-state index in [0.717, 1.165) is 60.4 Å². The van der Waals surface area contributed by atoms with E-state index in [9.17, 15) is 4.79 Å². The maximum Gasteiger partial charge on any atom is 0.251 e. The fourth-order valence-electron chi connectivity index (χ4n) is 4.25. The average molecular weight is 425 g/mol. The Morgan fingerprint density at radius 2 is 1.81 bits per heavy atom. The lowest BCUT2D eigenvalue weighted by Crippen LogP contribution is -2.36. The number of pyridine rings is 1. The Kier molecular flexibility index (Phi) is 5.53. The van der Waals surface area contributed by atoms with Gasteiger partial charge in [-0.3, -0.25) is 4.79 Å². The molecule has 1 aliphatic rings. The minimum Gasteiger partial charge on any atom is -0.314 e. The van der Waals surface area contributed by atoms with E-state index in [-0.39, 0.29) is 11.5 Å². The zero-order valence-corrected chi connectivity index (χ0v) is 17.8. The summed E-state index contributed by atoms with van der Waals surface area (Å²) in [5, 5.41) is 13.5. The number of hydrogen-bond donors (Lipinski definition) is 0. The molecule has 32 heavy (non-hydrogen) atoms. The van der Waals surface area contributed by atoms with Crippen molar-refractivity contribution >= 4 is 5.65 Å². The molecule has 0 atom stereocenters. The molecule has 4 aromatic rings. The van der Waals surface area contributed by atoms with E-state index < -0.39 is 0 Å². The molecule has 1 saturated heterocycles. The molecule has 0 amide bonds. The zero-order valence-electron chi connectivity index (χ0n) is 17.8. The minimum atomic E-state index is -0.0278. The second kappa shape index (κ2) is 8.77. The zero-order chi connectivity index (χ0) is 21.9. The first-order valence-electron chi connectivity index (χ1n) is 10.9. The molecule has 1 aromatic carbocycles. The van der Waals surface area contributed by atoms with Gasteiger partial charge >= 0.3 is 0 Å². The van der Waals surface area contributed by atoms with Crippen LogP contribution in [0.25, 0.3) is 27.9 Å². The predicted octanol–water partition coefficient (Wildman–Crippen LogP) is 3.46. The molecule has 7 heteroatoms. The molecule has 0 aliphatic carbocycles. The van der Waals surface area contributed by atoms with Gasteiger partial charge < -0.3 is 9.47 Å². The molecular formula is C25H24N6O. The van der Waals surface area contributed by atoms with Crippen LogP contribution >= 0.6 is 0 Å². The summed E-state index contributed by atoms with van der Waals surface area (Å²) in [5.41, 5.74) is 4.48. The molecule has 160 valence electrons. The van der Waals surface area contributed by atoms with Crippen molar-refractivity contribution in [1.82, 2.24) is 24.1 Å². The normalized spacial score (nSPS) is 15.1. The monoisotopic (exact) mass is 424 g/mol. The summed E-state index contributed by atoms with van der Waals surface area (Å²) in [7, 11) is 0. The first kappa shape index (κ1) is 20.2. The number of likely N-dealkylation sites (tertiary alicyclic amines) is 1. The van der Waals surface area contributed by atoms with E-state index in [0.29, 0.717) is 6.54 Å². The number of nitrogens with zero attached hydrogens (tertiary/aromatic N) is 6. The van der Waals surface area contributed by atoms with Crippen LogP contribution in [0.5, 0.6) is 0 Å². The van der Waals surface area contributed by atoms with Gasteiger partial charge in [-0.2, -0.15) is 10.4 Å². The van der Waals surface area contributed by atoms with Crippen LogP contribution in [0.3, 0.4) is 0 Å². The van der Waals surface area contributed by atoms with E-state index >= 15 is 0 Å². The molecule has 5 rings (SSSR count). The molecule has 0 N–H and O–H groups in total. The Hall–Kier alpha value is -3.76. The molecular weight excluding hydrogens is 400 g/mol. The smallest absolute Gasteiger partial charge is 0.251 e. The first-order valence-corrected chi connectivity index (χ1v) is 10.9. The molecule has 0 bridgehead atoms. The van der Waals surface area contributed by atoms with Crippen molar-refractivity contribution in [2.75, 3.05) is 19.6 Å². The third kappa shape index (κ3) is 4.05. The van der Waals surface area contributed by atoms with Crippen LogP contribution in [0.15, 0.2) is 72.0 Å². The fourth-order valence-corrected chi connectivity index (χ4v) is 4.25. The highest BCUT2D eigenvalue weighted by Gasteiger charge is 2.18. The van der Waals surface area contributed by atoms with Gasteiger partial charge in [0.25, 0.3) is 5.56 Å². The Labute approximate surface area is 186 Å². The van der Waals surface area contributed by atoms with Crippen molar-refractivity contribution in [2.24, 2.45) is 5.92 Å². The van der Waals surface area contributed by atoms with Crippen LogP contribution in [0.4, 0.5) is 0 Å². The number of nitriles is 1. The van der Waals surface area contributed by atoms with Gasteiger partial charge in [0.05, 0.1) is 12.3 Å². The van der Waals surface area contributed by atoms with Crippen LogP contribution in [0.1, 0.15) is 12.8 Å². The topological polar surface area (TPSA) is 79.2 Å². The number of fused-ring (bicyclic) bond motifs is 1. The quantitative estimate of drug-likeness (QED) is 0.490. The van der Waals surface area contributed by atoms with E-state index in [1.807, 2.05) is 55.0 Å². The Morgan fingerprint density at radius 1 is 1.00 bits per heavy atom. The van der Waals surface area contributed by atoms with Crippen LogP contribution in [0.2, 0.25) is 0 Å². The van der Waals surface area contributed by atoms with Gasteiger partial charge in [0.1, 0.15) is 0 Å². The number of piperidine rings is 1. The largest absolute Gasteiger partial charge is 0.314 e. The molecule has 0 unspecified atom stereocenters. The van der Waals surface area contributed by atoms with Gasteiger partial charge in [0, 0.05) is 54.8 Å². The lowest BCUT2D eigenvalue weighted by Gasteiger charge is -2.29. The van der Waals surface area contributed by atoms with Gasteiger partial charge in [-0.25, -0.2) is 9.50 Å². The third-order valence-corrected chi connectivity index (χ3v) is 6.20. The van der Waals surface area contributed by atoms with Crippen LogP contribution in [-0.2, 0) is 6.54 Å². The summed E-state index contributed by atoms with van der Waals surface area (Å²) in [6.07, 6.45) is 9.20. The van der Waals surface area contributed by atoms with Gasteiger partial charge in [-0.1, -0.05) is 30.3 Å². The molecule has 3 aromatic heterocycles. The average Bonchev–Trinajstić information content (AvgIpc) is 3.27. The standard InChI is InChI=1S/C25H24N6O/c26-15-19-6-9-29(10-7-19)12-13-30-11-8-21(14-24(30)32)22-16-27-25-23(17-28-31(25)18-22)20-4-2-1-3-5-20/h1-5,8,11,14,16-19H,6-7,9-10,12-13H2. The molecule has 1 aliphatic heterocycles. The number of benzene rings is 1. The van der Waals surface area contributed by atoms with E-state index in [1.54, 1.807) is 21.3 Å². The number of aromatic nitrogens is 4. The van der Waals surface area contributed by atoms with Crippen molar-refractivity contribution < 1.29 is 0 Å². The molecule has 0 spiro atoms. The number of hydrogen-bond acceptors (Lipinski definition) is 5. The van der Waals surface area contributed by atoms with Crippen LogP contribution in [0, 0.1) is 17.2 Å². The Bertz CT molecular complexity index is 1330. The maximum atomic E-state index is 12.7. The van der Waals surface area contributed by atoms with Crippen molar-refractivity contribution in [1.29, 1.82) is 5.26 Å². The highest BCUT2D eigenvalue weighted by molar-refractivity contribution is 5.77. The fraction of sp³-hybridized carbons (Fsp3) is 0.280. The van der Waals surface area contributed by atoms with Crippen molar-refractivity contribution in [2.45, 2.75) is 19.4 Å². The number of rotatable bonds is 5. The molecule has 0 saturated carbocycles. The third-order valence-electron chi connectivity index (χ3n) is 6.20. The summed E-state index contributed by atoms with van der Waals surface area (Å²) in [6.45, 7) is 3.31. The second-order valence-corrected chi connectivity index (χ2v) is 8.23. The second-order valence-electron chi connectivity index (χ2n) is 8.23. The van der Waals surface area contributed by atoms with E-state index in [2.05, 4.69) is 21.1 Å². The van der Waals surface area contributed by atoms with Crippen LogP contribution in [-0.4, -0.2) is 43.7 Å². The molecule has 1 fully saturated rings. The predicted molar refractivity (Wildman–Crippen MR) is 123 cm³/mol. The lowest BCUT2D eigenvalue weighted by atomic mass is 9.99. The maximum absolute atomic E-state index is 12.7. The van der Waals surface area contributed by atoms with Crippen molar-refractivity contribution in [3.63, 3.8) is 0 Å².